The smallest absolute Gasteiger partial charge is 0.228 e. The van der Waals surface area contributed by atoms with Gasteiger partial charge >= 0.3 is 0 Å². The molecule has 0 radical (unpaired) electrons. The number of ketones is 1. The molecule has 3 aliphatic rings. The fourth-order valence-electron chi connectivity index (χ4n) is 4.84. The lowest BCUT2D eigenvalue weighted by atomic mass is 9.88. The SMILES string of the molecule is O=C(c1ccc2c(c1)OCCO2)C1CCN(CCC(=O)N2CCc3ccccc32)CC1. The topological polar surface area (TPSA) is 59.1 Å². The zero-order valence-corrected chi connectivity index (χ0v) is 17.7. The van der Waals surface area contributed by atoms with E-state index in [-0.39, 0.29) is 17.6 Å². The van der Waals surface area contributed by atoms with E-state index in [0.717, 1.165) is 51.1 Å². The van der Waals surface area contributed by atoms with E-state index in [1.807, 2.05) is 41.3 Å². The van der Waals surface area contributed by atoms with E-state index in [9.17, 15) is 9.59 Å². The highest BCUT2D eigenvalue weighted by atomic mass is 16.6. The van der Waals surface area contributed by atoms with E-state index in [4.69, 9.17) is 9.47 Å². The summed E-state index contributed by atoms with van der Waals surface area (Å²) in [6, 6.07) is 13.7. The number of likely N-dealkylation sites (tertiary alicyclic amines) is 1. The largest absolute Gasteiger partial charge is 0.486 e. The van der Waals surface area contributed by atoms with Gasteiger partial charge in [-0.3, -0.25) is 9.59 Å². The number of carbonyl (C=O) groups excluding carboxylic acids is 2. The number of Topliss-reactive ketones (excluding diaryl/α,β-unsaturated/α-hetero) is 1. The number of rotatable bonds is 5. The van der Waals surface area contributed by atoms with Crippen LogP contribution in [0.15, 0.2) is 42.5 Å². The molecule has 0 N–H and O–H groups in total. The Morgan fingerprint density at radius 1 is 0.935 bits per heavy atom. The molecule has 0 saturated carbocycles. The van der Waals surface area contributed by atoms with Crippen LogP contribution in [0.25, 0.3) is 0 Å². The summed E-state index contributed by atoms with van der Waals surface area (Å²) in [6.07, 6.45) is 3.12. The average molecular weight is 421 g/mol. The monoisotopic (exact) mass is 420 g/mol. The molecule has 6 heteroatoms. The fourth-order valence-corrected chi connectivity index (χ4v) is 4.84. The van der Waals surface area contributed by atoms with Gasteiger partial charge < -0.3 is 19.3 Å². The van der Waals surface area contributed by atoms with Gasteiger partial charge in [0.15, 0.2) is 17.3 Å². The van der Waals surface area contributed by atoms with Crippen LogP contribution in [0.1, 0.15) is 35.2 Å². The van der Waals surface area contributed by atoms with Crippen LogP contribution in [0.4, 0.5) is 5.69 Å². The Bertz CT molecular complexity index is 981. The molecule has 5 rings (SSSR count). The molecule has 31 heavy (non-hydrogen) atoms. The van der Waals surface area contributed by atoms with Crippen LogP contribution < -0.4 is 14.4 Å². The lowest BCUT2D eigenvalue weighted by Crippen LogP contribution is -2.39. The second-order valence-electron chi connectivity index (χ2n) is 8.51. The lowest BCUT2D eigenvalue weighted by molar-refractivity contribution is -0.118. The Kier molecular flexibility index (Phi) is 5.64. The van der Waals surface area contributed by atoms with E-state index in [2.05, 4.69) is 11.0 Å². The van der Waals surface area contributed by atoms with Gasteiger partial charge in [-0.2, -0.15) is 0 Å². The highest BCUT2D eigenvalue weighted by Crippen LogP contribution is 2.33. The summed E-state index contributed by atoms with van der Waals surface area (Å²) in [7, 11) is 0. The first-order valence-corrected chi connectivity index (χ1v) is 11.2. The maximum absolute atomic E-state index is 13.0. The molecule has 0 atom stereocenters. The molecule has 0 bridgehead atoms. The first-order chi connectivity index (χ1) is 15.2. The normalized spacial score (nSPS) is 18.6. The molecule has 1 fully saturated rings. The van der Waals surface area contributed by atoms with Crippen molar-refractivity contribution in [2.45, 2.75) is 25.7 Å². The number of carbonyl (C=O) groups is 2. The number of hydrogen-bond donors (Lipinski definition) is 0. The molecule has 0 aromatic heterocycles. The molecule has 1 amide bonds. The molecule has 2 aromatic rings. The highest BCUT2D eigenvalue weighted by molar-refractivity contribution is 5.98. The summed E-state index contributed by atoms with van der Waals surface area (Å²) >= 11 is 0. The van der Waals surface area contributed by atoms with Gasteiger partial charge in [-0.1, -0.05) is 18.2 Å². The minimum absolute atomic E-state index is 0.0277. The van der Waals surface area contributed by atoms with Crippen LogP contribution in [-0.2, 0) is 11.2 Å². The van der Waals surface area contributed by atoms with Crippen LogP contribution >= 0.6 is 0 Å². The second kappa shape index (κ2) is 8.71. The van der Waals surface area contributed by atoms with Gasteiger partial charge in [0.05, 0.1) is 0 Å². The van der Waals surface area contributed by atoms with E-state index in [0.29, 0.717) is 36.7 Å². The van der Waals surface area contributed by atoms with Crippen molar-refractivity contribution in [3.8, 4) is 11.5 Å². The molecule has 162 valence electrons. The van der Waals surface area contributed by atoms with Crippen molar-refractivity contribution >= 4 is 17.4 Å². The van der Waals surface area contributed by atoms with Gasteiger partial charge in [-0.25, -0.2) is 0 Å². The Balaban J connectivity index is 1.12. The molecule has 3 aliphatic heterocycles. The van der Waals surface area contributed by atoms with Gasteiger partial charge in [-0.05, 0) is 62.2 Å². The number of para-hydroxylation sites is 1. The fraction of sp³-hybridized carbons (Fsp3) is 0.440. The zero-order chi connectivity index (χ0) is 21.2. The summed E-state index contributed by atoms with van der Waals surface area (Å²) < 4.78 is 11.2. The van der Waals surface area contributed by atoms with Crippen molar-refractivity contribution in [2.24, 2.45) is 5.92 Å². The number of ether oxygens (including phenoxy) is 2. The number of fused-ring (bicyclic) bond motifs is 2. The van der Waals surface area contributed by atoms with E-state index >= 15 is 0 Å². The standard InChI is InChI=1S/C25H28N2O4/c28-24(27-14-9-18-3-1-2-4-21(18)27)10-13-26-11-7-19(8-12-26)25(29)20-5-6-22-23(17-20)31-16-15-30-22/h1-6,17,19H,7-16H2. The Morgan fingerprint density at radius 2 is 1.71 bits per heavy atom. The first kappa shape index (κ1) is 20.1. The van der Waals surface area contributed by atoms with Gasteiger partial charge in [-0.15, -0.1) is 0 Å². The zero-order valence-electron chi connectivity index (χ0n) is 17.7. The number of hydrogen-bond acceptors (Lipinski definition) is 5. The number of anilines is 1. The maximum Gasteiger partial charge on any atom is 0.228 e. The third-order valence-corrected chi connectivity index (χ3v) is 6.62. The van der Waals surface area contributed by atoms with Crippen molar-refractivity contribution in [1.29, 1.82) is 0 Å². The summed E-state index contributed by atoms with van der Waals surface area (Å²) in [5, 5.41) is 0. The molecule has 0 unspecified atom stereocenters. The predicted octanol–water partition coefficient (Wildman–Crippen LogP) is 3.33. The summed E-state index contributed by atoms with van der Waals surface area (Å²) in [4.78, 5) is 30.0. The predicted molar refractivity (Wildman–Crippen MR) is 118 cm³/mol. The number of piperidine rings is 1. The van der Waals surface area contributed by atoms with Gasteiger partial charge in [0, 0.05) is 36.7 Å². The van der Waals surface area contributed by atoms with Crippen LogP contribution in [-0.4, -0.2) is 56.0 Å². The van der Waals surface area contributed by atoms with Crippen molar-refractivity contribution in [3.05, 3.63) is 53.6 Å². The Labute approximate surface area is 182 Å². The van der Waals surface area contributed by atoms with Gasteiger partial charge in [0.25, 0.3) is 0 Å². The van der Waals surface area contributed by atoms with Crippen molar-refractivity contribution in [1.82, 2.24) is 4.90 Å². The third-order valence-electron chi connectivity index (χ3n) is 6.62. The van der Waals surface area contributed by atoms with E-state index < -0.39 is 0 Å². The summed E-state index contributed by atoms with van der Waals surface area (Å²) in [5.41, 5.74) is 3.02. The van der Waals surface area contributed by atoms with Crippen LogP contribution in [0.3, 0.4) is 0 Å². The quantitative estimate of drug-likeness (QED) is 0.695. The average Bonchev–Trinajstić information content (AvgIpc) is 3.26. The molecular formula is C25H28N2O4. The third kappa shape index (κ3) is 4.17. The molecule has 0 aliphatic carbocycles. The molecular weight excluding hydrogens is 392 g/mol. The minimum atomic E-state index is 0.0277. The number of nitrogens with zero attached hydrogens (tertiary/aromatic N) is 2. The molecule has 0 spiro atoms. The summed E-state index contributed by atoms with van der Waals surface area (Å²) in [6.45, 7) is 4.30. The first-order valence-electron chi connectivity index (χ1n) is 11.2. The highest BCUT2D eigenvalue weighted by Gasteiger charge is 2.28. The molecule has 1 saturated heterocycles. The van der Waals surface area contributed by atoms with E-state index in [1.165, 1.54) is 5.56 Å². The second-order valence-corrected chi connectivity index (χ2v) is 8.51. The van der Waals surface area contributed by atoms with Crippen LogP contribution in [0.5, 0.6) is 11.5 Å². The van der Waals surface area contributed by atoms with Crippen LogP contribution in [0, 0.1) is 5.92 Å². The maximum atomic E-state index is 13.0. The summed E-state index contributed by atoms with van der Waals surface area (Å²) in [5.74, 6) is 1.78. The van der Waals surface area contributed by atoms with Gasteiger partial charge in [0.1, 0.15) is 13.2 Å². The van der Waals surface area contributed by atoms with Crippen molar-refractivity contribution < 1.29 is 19.1 Å². The van der Waals surface area contributed by atoms with Crippen molar-refractivity contribution in [3.63, 3.8) is 0 Å². The minimum Gasteiger partial charge on any atom is -0.486 e. The molecule has 6 nitrogen and oxygen atoms in total. The molecule has 2 aromatic carbocycles. The van der Waals surface area contributed by atoms with Gasteiger partial charge in [0.2, 0.25) is 5.91 Å². The Morgan fingerprint density at radius 3 is 2.55 bits per heavy atom. The Hall–Kier alpha value is -2.86. The van der Waals surface area contributed by atoms with Crippen LogP contribution in [0.2, 0.25) is 0 Å². The number of benzene rings is 2. The lowest BCUT2D eigenvalue weighted by Gasteiger charge is -2.31. The van der Waals surface area contributed by atoms with E-state index in [1.54, 1.807) is 0 Å². The number of amides is 1. The molecule has 3 heterocycles. The van der Waals surface area contributed by atoms with Crippen molar-refractivity contribution in [2.75, 3.05) is 44.3 Å².